The molecule has 0 aromatic heterocycles. The zero-order chi connectivity index (χ0) is 49.5. The molecule has 0 fully saturated rings. The standard InChI is InChI=1S/C62H117NO5/c1-3-5-7-9-11-13-15-17-19-21-23-25-27-29-30-32-33-35-37-39-41-43-45-47-49-51-53-55-59(65)61(67)58(57-64)63-62(68)60(66)56-54-52-50-48-46-44-42-40-38-36-34-31-28-26-24-22-20-18-16-14-12-10-8-6-4-2/h31-34,39,41,47,49,58-61,64-67H,3-30,35-38,40,42-46,48,50-57H2,1-2H3,(H,63,68)/b33-32+,34-31-,41-39+,49-47+. The maximum absolute atomic E-state index is 12.6. The molecule has 0 aromatic rings. The zero-order valence-electron chi connectivity index (χ0n) is 45.4. The van der Waals surface area contributed by atoms with E-state index in [1.807, 2.05) is 0 Å². The van der Waals surface area contributed by atoms with E-state index in [9.17, 15) is 25.2 Å². The highest BCUT2D eigenvalue weighted by Crippen LogP contribution is 2.17. The van der Waals surface area contributed by atoms with Crippen LogP contribution in [0.1, 0.15) is 309 Å². The highest BCUT2D eigenvalue weighted by molar-refractivity contribution is 5.80. The second-order valence-corrected chi connectivity index (χ2v) is 20.7. The van der Waals surface area contributed by atoms with Crippen molar-refractivity contribution in [1.29, 1.82) is 0 Å². The van der Waals surface area contributed by atoms with Gasteiger partial charge in [0.1, 0.15) is 12.2 Å². The number of hydrogen-bond acceptors (Lipinski definition) is 5. The van der Waals surface area contributed by atoms with Gasteiger partial charge in [-0.25, -0.2) is 0 Å². The normalized spacial score (nSPS) is 14.0. The fourth-order valence-electron chi connectivity index (χ4n) is 9.26. The third kappa shape index (κ3) is 49.3. The summed E-state index contributed by atoms with van der Waals surface area (Å²) in [6, 6.07) is -1.01. The summed E-state index contributed by atoms with van der Waals surface area (Å²) < 4.78 is 0. The molecular weight excluding hydrogens is 839 g/mol. The summed E-state index contributed by atoms with van der Waals surface area (Å²) in [6.07, 6.45) is 71.9. The van der Waals surface area contributed by atoms with Gasteiger partial charge in [-0.3, -0.25) is 4.79 Å². The van der Waals surface area contributed by atoms with Gasteiger partial charge in [0.2, 0.25) is 5.91 Å². The van der Waals surface area contributed by atoms with E-state index in [4.69, 9.17) is 0 Å². The van der Waals surface area contributed by atoms with Gasteiger partial charge in [0, 0.05) is 0 Å². The molecule has 0 spiro atoms. The van der Waals surface area contributed by atoms with E-state index < -0.39 is 36.9 Å². The highest BCUT2D eigenvalue weighted by Gasteiger charge is 2.28. The molecule has 0 aliphatic heterocycles. The summed E-state index contributed by atoms with van der Waals surface area (Å²) >= 11 is 0. The molecule has 4 unspecified atom stereocenters. The van der Waals surface area contributed by atoms with Gasteiger partial charge < -0.3 is 25.7 Å². The molecule has 0 rings (SSSR count). The third-order valence-corrected chi connectivity index (χ3v) is 14.0. The van der Waals surface area contributed by atoms with Crippen molar-refractivity contribution in [3.05, 3.63) is 48.6 Å². The Morgan fingerprint density at radius 3 is 0.926 bits per heavy atom. The molecule has 0 heterocycles. The topological polar surface area (TPSA) is 110 Å². The Morgan fingerprint density at radius 2 is 0.618 bits per heavy atom. The lowest BCUT2D eigenvalue weighted by Crippen LogP contribution is -2.53. The highest BCUT2D eigenvalue weighted by atomic mass is 16.3. The van der Waals surface area contributed by atoms with Crippen molar-refractivity contribution in [3.63, 3.8) is 0 Å². The van der Waals surface area contributed by atoms with Gasteiger partial charge >= 0.3 is 0 Å². The molecule has 5 N–H and O–H groups in total. The Bertz CT molecular complexity index is 1120. The number of rotatable bonds is 55. The zero-order valence-corrected chi connectivity index (χ0v) is 45.4. The number of aliphatic hydroxyl groups is 4. The molecule has 0 aromatic carbocycles. The van der Waals surface area contributed by atoms with Crippen molar-refractivity contribution >= 4 is 5.91 Å². The maximum atomic E-state index is 12.6. The fourth-order valence-corrected chi connectivity index (χ4v) is 9.26. The summed E-state index contributed by atoms with van der Waals surface area (Å²) in [7, 11) is 0. The molecule has 4 atom stereocenters. The second-order valence-electron chi connectivity index (χ2n) is 20.7. The van der Waals surface area contributed by atoms with E-state index in [2.05, 4.69) is 67.8 Å². The van der Waals surface area contributed by atoms with Crippen molar-refractivity contribution in [1.82, 2.24) is 5.32 Å². The summed E-state index contributed by atoms with van der Waals surface area (Å²) in [5.74, 6) is -0.599. The monoisotopic (exact) mass is 956 g/mol. The fraction of sp³-hybridized carbons (Fsp3) is 0.855. The first-order valence-corrected chi connectivity index (χ1v) is 30.0. The van der Waals surface area contributed by atoms with Crippen LogP contribution in [-0.2, 0) is 4.79 Å². The Morgan fingerprint density at radius 1 is 0.353 bits per heavy atom. The van der Waals surface area contributed by atoms with Gasteiger partial charge in [-0.05, 0) is 89.9 Å². The Balaban J connectivity index is 3.70. The van der Waals surface area contributed by atoms with Crippen LogP contribution in [0.25, 0.3) is 0 Å². The second kappa shape index (κ2) is 56.2. The van der Waals surface area contributed by atoms with Crippen molar-refractivity contribution in [2.45, 2.75) is 334 Å². The van der Waals surface area contributed by atoms with Crippen molar-refractivity contribution in [2.24, 2.45) is 0 Å². The minimum Gasteiger partial charge on any atom is -0.394 e. The van der Waals surface area contributed by atoms with Crippen molar-refractivity contribution in [2.75, 3.05) is 6.61 Å². The number of allylic oxidation sites excluding steroid dienone is 8. The minimum atomic E-state index is -1.30. The number of hydrogen-bond donors (Lipinski definition) is 5. The molecular formula is C62H117NO5. The van der Waals surface area contributed by atoms with E-state index in [0.717, 1.165) is 51.4 Å². The molecule has 0 saturated heterocycles. The van der Waals surface area contributed by atoms with Crippen LogP contribution in [0.3, 0.4) is 0 Å². The summed E-state index contributed by atoms with van der Waals surface area (Å²) in [6.45, 7) is 4.07. The maximum Gasteiger partial charge on any atom is 0.249 e. The van der Waals surface area contributed by atoms with Crippen LogP contribution in [0.4, 0.5) is 0 Å². The summed E-state index contributed by atoms with van der Waals surface area (Å²) in [5, 5.41) is 44.0. The smallest absolute Gasteiger partial charge is 0.249 e. The first-order chi connectivity index (χ1) is 33.5. The van der Waals surface area contributed by atoms with Crippen LogP contribution < -0.4 is 5.32 Å². The number of aliphatic hydroxyl groups excluding tert-OH is 4. The van der Waals surface area contributed by atoms with Gasteiger partial charge in [0.25, 0.3) is 0 Å². The van der Waals surface area contributed by atoms with Gasteiger partial charge in [0.15, 0.2) is 0 Å². The van der Waals surface area contributed by atoms with E-state index in [1.54, 1.807) is 0 Å². The lowest BCUT2D eigenvalue weighted by molar-refractivity contribution is -0.132. The lowest BCUT2D eigenvalue weighted by atomic mass is 10.00. The van der Waals surface area contributed by atoms with Gasteiger partial charge in [-0.15, -0.1) is 0 Å². The van der Waals surface area contributed by atoms with Gasteiger partial charge in [-0.2, -0.15) is 0 Å². The number of carbonyl (C=O) groups is 1. The lowest BCUT2D eigenvalue weighted by Gasteiger charge is -2.27. The van der Waals surface area contributed by atoms with Gasteiger partial charge in [0.05, 0.1) is 18.8 Å². The van der Waals surface area contributed by atoms with Crippen LogP contribution in [0, 0.1) is 0 Å². The largest absolute Gasteiger partial charge is 0.394 e. The number of nitrogens with one attached hydrogen (secondary N) is 1. The Kier molecular flexibility index (Phi) is 54.8. The molecule has 0 saturated carbocycles. The van der Waals surface area contributed by atoms with Crippen molar-refractivity contribution in [3.8, 4) is 0 Å². The molecule has 0 aliphatic carbocycles. The molecule has 68 heavy (non-hydrogen) atoms. The van der Waals surface area contributed by atoms with E-state index in [-0.39, 0.29) is 0 Å². The third-order valence-electron chi connectivity index (χ3n) is 14.0. The minimum absolute atomic E-state index is 0.356. The summed E-state index contributed by atoms with van der Waals surface area (Å²) in [5.41, 5.74) is 0. The predicted molar refractivity (Wildman–Crippen MR) is 297 cm³/mol. The molecule has 400 valence electrons. The summed E-state index contributed by atoms with van der Waals surface area (Å²) in [4.78, 5) is 12.6. The number of carbonyl (C=O) groups excluding carboxylic acids is 1. The Hall–Kier alpha value is -1.73. The molecule has 6 nitrogen and oxygen atoms in total. The first-order valence-electron chi connectivity index (χ1n) is 30.0. The van der Waals surface area contributed by atoms with Crippen molar-refractivity contribution < 1.29 is 25.2 Å². The van der Waals surface area contributed by atoms with E-state index in [0.29, 0.717) is 19.3 Å². The van der Waals surface area contributed by atoms with Crippen LogP contribution in [0.2, 0.25) is 0 Å². The average Bonchev–Trinajstić information content (AvgIpc) is 3.34. The molecule has 0 radical (unpaired) electrons. The van der Waals surface area contributed by atoms with E-state index >= 15 is 0 Å². The van der Waals surface area contributed by atoms with Gasteiger partial charge in [-0.1, -0.05) is 268 Å². The molecule has 0 bridgehead atoms. The Labute approximate surface area is 423 Å². The van der Waals surface area contributed by atoms with Crippen LogP contribution in [0.15, 0.2) is 48.6 Å². The van der Waals surface area contributed by atoms with E-state index in [1.165, 1.54) is 225 Å². The first kappa shape index (κ1) is 66.3. The number of amides is 1. The molecule has 6 heteroatoms. The average molecular weight is 957 g/mol. The quantitative estimate of drug-likeness (QED) is 0.0308. The predicted octanol–water partition coefficient (Wildman–Crippen LogP) is 17.8. The van der Waals surface area contributed by atoms with Crippen LogP contribution >= 0.6 is 0 Å². The van der Waals surface area contributed by atoms with Crippen LogP contribution in [-0.4, -0.2) is 57.3 Å². The SMILES string of the molecule is CCCCCCCCCCCCCC/C=C\CCCCCCCCCCCC(O)C(=O)NC(CO)C(O)C(O)CCC/C=C/CC/C=C/CC/C=C/CCCCCCCCCCCCCCCC. The number of unbranched alkanes of at least 4 members (excludes halogenated alkanes) is 38. The molecule has 0 aliphatic rings. The molecule has 1 amide bonds. The van der Waals surface area contributed by atoms with Crippen LogP contribution in [0.5, 0.6) is 0 Å².